The number of fused-ring (bicyclic) bond motifs is 1. The van der Waals surface area contributed by atoms with E-state index < -0.39 is 5.97 Å². The van der Waals surface area contributed by atoms with Crippen LogP contribution in [0.15, 0.2) is 12.1 Å². The van der Waals surface area contributed by atoms with Gasteiger partial charge in [0.1, 0.15) is 0 Å². The van der Waals surface area contributed by atoms with Crippen molar-refractivity contribution >= 4 is 17.6 Å². The van der Waals surface area contributed by atoms with Crippen LogP contribution in [0.5, 0.6) is 11.5 Å². The predicted molar refractivity (Wildman–Crippen MR) is 48.9 cm³/mol. The number of carbonyl (C=O) groups is 1. The Hall–Kier alpha value is -1.42. The Bertz CT molecular complexity index is 389. The van der Waals surface area contributed by atoms with Gasteiger partial charge in [-0.3, -0.25) is 4.79 Å². The molecule has 0 aliphatic carbocycles. The summed E-state index contributed by atoms with van der Waals surface area (Å²) >= 11 is 5.93. The highest BCUT2D eigenvalue weighted by atomic mass is 35.5. The summed E-state index contributed by atoms with van der Waals surface area (Å²) in [5, 5.41) is 8.93. The maximum Gasteiger partial charge on any atom is 0.307 e. The first kappa shape index (κ1) is 9.15. The third-order valence-corrected chi connectivity index (χ3v) is 2.31. The third kappa shape index (κ3) is 1.48. The van der Waals surface area contributed by atoms with E-state index in [1.54, 1.807) is 12.1 Å². The number of aliphatic carboxylic acids is 1. The van der Waals surface area contributed by atoms with Crippen molar-refractivity contribution in [2.45, 2.75) is 6.42 Å². The number of halogens is 1. The van der Waals surface area contributed by atoms with E-state index in [4.69, 9.17) is 26.2 Å². The molecular formula is C9H7ClO4. The van der Waals surface area contributed by atoms with Crippen molar-refractivity contribution < 1.29 is 19.4 Å². The van der Waals surface area contributed by atoms with Crippen molar-refractivity contribution in [2.24, 2.45) is 0 Å². The molecule has 0 aromatic heterocycles. The van der Waals surface area contributed by atoms with E-state index in [0.717, 1.165) is 0 Å². The molecule has 0 radical (unpaired) electrons. The maximum absolute atomic E-state index is 10.5. The van der Waals surface area contributed by atoms with Crippen LogP contribution in [0.25, 0.3) is 0 Å². The molecule has 0 amide bonds. The molecular weight excluding hydrogens is 208 g/mol. The number of carboxylic acids is 1. The lowest BCUT2D eigenvalue weighted by molar-refractivity contribution is -0.136. The smallest absolute Gasteiger partial charge is 0.307 e. The van der Waals surface area contributed by atoms with E-state index in [9.17, 15) is 4.79 Å². The van der Waals surface area contributed by atoms with Crippen LogP contribution in [0, 0.1) is 0 Å². The molecule has 74 valence electrons. The average Bonchev–Trinajstić information content (AvgIpc) is 2.57. The molecule has 1 heterocycles. The molecule has 0 saturated heterocycles. The molecule has 1 aliphatic heterocycles. The summed E-state index contributed by atoms with van der Waals surface area (Å²) in [6.45, 7) is 0.131. The van der Waals surface area contributed by atoms with Crippen LogP contribution in [0.2, 0.25) is 5.02 Å². The lowest BCUT2D eigenvalue weighted by atomic mass is 10.1. The standard InChI is InChI=1S/C9H7ClO4/c10-8-5(3-7(11)12)1-2-6-9(8)14-4-13-6/h1-2H,3-4H2,(H,11,12). The van der Waals surface area contributed by atoms with Crippen LogP contribution in [-0.2, 0) is 11.2 Å². The lowest BCUT2D eigenvalue weighted by Crippen LogP contribution is -2.00. The van der Waals surface area contributed by atoms with E-state index in [-0.39, 0.29) is 13.2 Å². The van der Waals surface area contributed by atoms with E-state index in [2.05, 4.69) is 0 Å². The summed E-state index contributed by atoms with van der Waals surface area (Å²) < 4.78 is 10.2. The summed E-state index contributed by atoms with van der Waals surface area (Å²) in [4.78, 5) is 10.5. The first-order chi connectivity index (χ1) is 6.68. The minimum Gasteiger partial charge on any atom is -0.481 e. The SMILES string of the molecule is O=C(O)Cc1ccc2c(c1Cl)OCO2. The Kier molecular flexibility index (Phi) is 2.21. The maximum atomic E-state index is 10.5. The van der Waals surface area contributed by atoms with Gasteiger partial charge < -0.3 is 14.6 Å². The fourth-order valence-corrected chi connectivity index (χ4v) is 1.56. The van der Waals surface area contributed by atoms with Crippen LogP contribution >= 0.6 is 11.6 Å². The minimum atomic E-state index is -0.925. The van der Waals surface area contributed by atoms with Gasteiger partial charge in [-0.1, -0.05) is 17.7 Å². The van der Waals surface area contributed by atoms with Crippen LogP contribution in [-0.4, -0.2) is 17.9 Å². The highest BCUT2D eigenvalue weighted by Gasteiger charge is 2.20. The number of benzene rings is 1. The Morgan fingerprint density at radius 3 is 3.00 bits per heavy atom. The van der Waals surface area contributed by atoms with Crippen LogP contribution < -0.4 is 9.47 Å². The lowest BCUT2D eigenvalue weighted by Gasteiger charge is -2.03. The number of rotatable bonds is 2. The quantitative estimate of drug-likeness (QED) is 0.814. The largest absolute Gasteiger partial charge is 0.481 e. The van der Waals surface area contributed by atoms with Gasteiger partial charge in [0, 0.05) is 0 Å². The molecule has 4 nitrogen and oxygen atoms in total. The Balaban J connectivity index is 2.39. The summed E-state index contributed by atoms with van der Waals surface area (Å²) in [5.41, 5.74) is 0.531. The van der Waals surface area contributed by atoms with Crippen LogP contribution in [0.3, 0.4) is 0 Å². The molecule has 14 heavy (non-hydrogen) atoms. The Morgan fingerprint density at radius 2 is 2.29 bits per heavy atom. The second kappa shape index (κ2) is 3.38. The van der Waals surface area contributed by atoms with Gasteiger partial charge in [-0.25, -0.2) is 0 Å². The van der Waals surface area contributed by atoms with Gasteiger partial charge in [-0.15, -0.1) is 0 Å². The number of carboxylic acid groups (broad SMARTS) is 1. The Labute approximate surface area is 85.0 Å². The molecule has 0 bridgehead atoms. The topological polar surface area (TPSA) is 55.8 Å². The van der Waals surface area contributed by atoms with Gasteiger partial charge in [0.2, 0.25) is 6.79 Å². The number of hydrogen-bond donors (Lipinski definition) is 1. The predicted octanol–water partition coefficient (Wildman–Crippen LogP) is 1.70. The zero-order chi connectivity index (χ0) is 10.1. The molecule has 0 atom stereocenters. The summed E-state index contributed by atoms with van der Waals surface area (Å²) in [6, 6.07) is 3.29. The van der Waals surface area contributed by atoms with Gasteiger partial charge in [0.25, 0.3) is 0 Å². The number of hydrogen-bond acceptors (Lipinski definition) is 3. The molecule has 0 saturated carbocycles. The molecule has 1 aliphatic rings. The molecule has 0 unspecified atom stereocenters. The van der Waals surface area contributed by atoms with E-state index in [0.29, 0.717) is 22.1 Å². The van der Waals surface area contributed by atoms with Crippen molar-refractivity contribution in [2.75, 3.05) is 6.79 Å². The van der Waals surface area contributed by atoms with Crippen molar-refractivity contribution in [1.29, 1.82) is 0 Å². The van der Waals surface area contributed by atoms with Crippen molar-refractivity contribution in [3.8, 4) is 11.5 Å². The fraction of sp³-hybridized carbons (Fsp3) is 0.222. The van der Waals surface area contributed by atoms with Gasteiger partial charge in [0.05, 0.1) is 11.4 Å². The second-order valence-electron chi connectivity index (χ2n) is 2.84. The van der Waals surface area contributed by atoms with Gasteiger partial charge >= 0.3 is 5.97 Å². The minimum absolute atomic E-state index is 0.116. The van der Waals surface area contributed by atoms with Crippen molar-refractivity contribution in [3.05, 3.63) is 22.7 Å². The molecule has 1 aromatic rings. The molecule has 2 rings (SSSR count). The monoisotopic (exact) mass is 214 g/mol. The van der Waals surface area contributed by atoms with E-state index in [1.165, 1.54) is 0 Å². The van der Waals surface area contributed by atoms with Crippen LogP contribution in [0.1, 0.15) is 5.56 Å². The first-order valence-corrected chi connectivity index (χ1v) is 4.35. The normalized spacial score (nSPS) is 12.9. The van der Waals surface area contributed by atoms with E-state index in [1.807, 2.05) is 0 Å². The van der Waals surface area contributed by atoms with E-state index >= 15 is 0 Å². The van der Waals surface area contributed by atoms with Crippen molar-refractivity contribution in [3.63, 3.8) is 0 Å². The highest BCUT2D eigenvalue weighted by Crippen LogP contribution is 2.40. The summed E-state index contributed by atoms with van der Waals surface area (Å²) in [7, 11) is 0. The highest BCUT2D eigenvalue weighted by molar-refractivity contribution is 6.33. The van der Waals surface area contributed by atoms with Gasteiger partial charge in [-0.05, 0) is 11.6 Å². The molecule has 0 fully saturated rings. The van der Waals surface area contributed by atoms with Crippen molar-refractivity contribution in [1.82, 2.24) is 0 Å². The second-order valence-corrected chi connectivity index (χ2v) is 3.22. The molecule has 0 spiro atoms. The fourth-order valence-electron chi connectivity index (χ4n) is 1.28. The van der Waals surface area contributed by atoms with Gasteiger partial charge in [-0.2, -0.15) is 0 Å². The number of ether oxygens (including phenoxy) is 2. The molecule has 1 aromatic carbocycles. The zero-order valence-corrected chi connectivity index (χ0v) is 7.87. The van der Waals surface area contributed by atoms with Gasteiger partial charge in [0.15, 0.2) is 11.5 Å². The molecule has 5 heteroatoms. The summed E-state index contributed by atoms with van der Waals surface area (Å²) in [5.74, 6) is 0.0697. The average molecular weight is 215 g/mol. The first-order valence-electron chi connectivity index (χ1n) is 3.97. The summed E-state index contributed by atoms with van der Waals surface area (Å²) in [6.07, 6.45) is -0.116. The van der Waals surface area contributed by atoms with Crippen LogP contribution in [0.4, 0.5) is 0 Å². The third-order valence-electron chi connectivity index (χ3n) is 1.90. The zero-order valence-electron chi connectivity index (χ0n) is 7.12. The molecule has 1 N–H and O–H groups in total. The Morgan fingerprint density at radius 1 is 1.50 bits per heavy atom.